The number of morpholine rings is 1. The van der Waals surface area contributed by atoms with Crippen molar-refractivity contribution in [1.29, 1.82) is 0 Å². The average Bonchev–Trinajstić information content (AvgIpc) is 3.26. The monoisotopic (exact) mass is 410 g/mol. The summed E-state index contributed by atoms with van der Waals surface area (Å²) in [6, 6.07) is 12.1. The first-order chi connectivity index (χ1) is 14.5. The van der Waals surface area contributed by atoms with E-state index in [-0.39, 0.29) is 30.5 Å². The van der Waals surface area contributed by atoms with Gasteiger partial charge in [-0.15, -0.1) is 5.10 Å². The Bertz CT molecular complexity index is 1020. The number of halogens is 1. The highest BCUT2D eigenvalue weighted by molar-refractivity contribution is 5.97. The van der Waals surface area contributed by atoms with Crippen LogP contribution in [0.4, 0.5) is 10.1 Å². The summed E-state index contributed by atoms with van der Waals surface area (Å²) in [5.41, 5.74) is 2.23. The Morgan fingerprint density at radius 3 is 2.63 bits per heavy atom. The van der Waals surface area contributed by atoms with Gasteiger partial charge in [0.05, 0.1) is 29.1 Å². The van der Waals surface area contributed by atoms with E-state index in [1.54, 1.807) is 30.3 Å². The molecule has 1 fully saturated rings. The lowest BCUT2D eigenvalue weighted by Gasteiger charge is -2.37. The predicted molar refractivity (Wildman–Crippen MR) is 109 cm³/mol. The molecule has 2 heterocycles. The summed E-state index contributed by atoms with van der Waals surface area (Å²) in [5, 5.41) is 13.9. The smallest absolute Gasteiger partial charge is 0.253 e. The lowest BCUT2D eigenvalue weighted by molar-refractivity contribution is -0.00539. The normalized spacial score (nSPS) is 19.0. The molecule has 0 radical (unpaired) electrons. The van der Waals surface area contributed by atoms with Crippen LogP contribution in [-0.4, -0.2) is 51.4 Å². The first-order valence-corrected chi connectivity index (χ1v) is 9.80. The van der Waals surface area contributed by atoms with Crippen molar-refractivity contribution in [2.24, 2.45) is 0 Å². The summed E-state index contributed by atoms with van der Waals surface area (Å²) in [4.78, 5) is 14.7. The third-order valence-corrected chi connectivity index (χ3v) is 4.97. The number of amides is 1. The summed E-state index contributed by atoms with van der Waals surface area (Å²) < 4.78 is 21.9. The maximum atomic E-state index is 14.8. The zero-order valence-electron chi connectivity index (χ0n) is 16.8. The van der Waals surface area contributed by atoms with Gasteiger partial charge in [-0.25, -0.2) is 4.39 Å². The van der Waals surface area contributed by atoms with Crippen LogP contribution in [0.1, 0.15) is 29.8 Å². The molecule has 1 N–H and O–H groups in total. The largest absolute Gasteiger partial charge is 0.372 e. The van der Waals surface area contributed by atoms with Crippen molar-refractivity contribution in [3.63, 3.8) is 0 Å². The molecule has 1 aromatic heterocycles. The van der Waals surface area contributed by atoms with Crippen molar-refractivity contribution >= 4 is 11.6 Å². The van der Waals surface area contributed by atoms with Crippen molar-refractivity contribution in [3.05, 3.63) is 65.7 Å². The minimum atomic E-state index is -0.308. The van der Waals surface area contributed by atoms with Crippen molar-refractivity contribution in [2.75, 3.05) is 18.0 Å². The lowest BCUT2D eigenvalue weighted by atomic mass is 10.1. The van der Waals surface area contributed by atoms with Gasteiger partial charge in [0.25, 0.3) is 5.91 Å². The summed E-state index contributed by atoms with van der Waals surface area (Å²) in [5.74, 6) is -0.599. The Labute approximate surface area is 173 Å². The van der Waals surface area contributed by atoms with Gasteiger partial charge in [-0.3, -0.25) is 4.79 Å². The molecule has 156 valence electrons. The highest BCUT2D eigenvalue weighted by Gasteiger charge is 2.24. The summed E-state index contributed by atoms with van der Waals surface area (Å²) in [6.07, 6.45) is 1.52. The molecule has 2 unspecified atom stereocenters. The van der Waals surface area contributed by atoms with Crippen LogP contribution in [0.2, 0.25) is 0 Å². The van der Waals surface area contributed by atoms with Crippen molar-refractivity contribution < 1.29 is 13.9 Å². The van der Waals surface area contributed by atoms with Gasteiger partial charge >= 0.3 is 0 Å². The zero-order valence-corrected chi connectivity index (χ0v) is 16.8. The molecular formula is C21H23FN6O2. The highest BCUT2D eigenvalue weighted by Crippen LogP contribution is 2.24. The molecule has 1 amide bonds. The maximum absolute atomic E-state index is 14.8. The number of aromatic nitrogens is 4. The molecule has 1 aliphatic rings. The number of anilines is 1. The molecule has 2 aromatic carbocycles. The number of carbonyl (C=O) groups is 1. The number of hydrogen-bond acceptors (Lipinski definition) is 6. The van der Waals surface area contributed by atoms with Crippen LogP contribution in [0.3, 0.4) is 0 Å². The third kappa shape index (κ3) is 4.30. The molecule has 0 bridgehead atoms. The molecule has 4 rings (SSSR count). The quantitative estimate of drug-likeness (QED) is 0.695. The molecule has 1 aliphatic heterocycles. The molecule has 8 nitrogen and oxygen atoms in total. The molecule has 30 heavy (non-hydrogen) atoms. The van der Waals surface area contributed by atoms with Gasteiger partial charge in [0.2, 0.25) is 0 Å². The molecule has 0 aliphatic carbocycles. The number of hydrogen-bond donors (Lipinski definition) is 1. The molecular weight excluding hydrogens is 387 g/mol. The van der Waals surface area contributed by atoms with Crippen LogP contribution >= 0.6 is 0 Å². The standard InChI is InChI=1S/C21H23FN6O2/c1-14-11-27(12-15(2)30-14)20-8-7-16(9-18(20)22)10-23-21(29)17-5-3-4-6-19(17)28-13-24-25-26-28/h3-9,13-15H,10-12H2,1-2H3,(H,23,29). The first kappa shape index (κ1) is 20.0. The zero-order chi connectivity index (χ0) is 21.1. The van der Waals surface area contributed by atoms with Gasteiger partial charge in [-0.2, -0.15) is 4.68 Å². The summed E-state index contributed by atoms with van der Waals surface area (Å²) in [6.45, 7) is 5.46. The van der Waals surface area contributed by atoms with Gasteiger partial charge < -0.3 is 15.0 Å². The number of nitrogens with one attached hydrogen (secondary N) is 1. The molecule has 0 saturated carbocycles. The second kappa shape index (κ2) is 8.58. The van der Waals surface area contributed by atoms with E-state index < -0.39 is 0 Å². The van der Waals surface area contributed by atoms with E-state index in [4.69, 9.17) is 4.74 Å². The fraction of sp³-hybridized carbons (Fsp3) is 0.333. The van der Waals surface area contributed by atoms with Crippen LogP contribution < -0.4 is 10.2 Å². The minimum absolute atomic E-state index is 0.0485. The number of tetrazole rings is 1. The van der Waals surface area contributed by atoms with Crippen molar-refractivity contribution in [1.82, 2.24) is 25.5 Å². The first-order valence-electron chi connectivity index (χ1n) is 9.80. The molecule has 9 heteroatoms. The Morgan fingerprint density at radius 1 is 1.17 bits per heavy atom. The Balaban J connectivity index is 1.45. The maximum Gasteiger partial charge on any atom is 0.253 e. The van der Waals surface area contributed by atoms with Gasteiger partial charge in [0.15, 0.2) is 0 Å². The highest BCUT2D eigenvalue weighted by atomic mass is 19.1. The van der Waals surface area contributed by atoms with E-state index in [1.165, 1.54) is 17.1 Å². The topological polar surface area (TPSA) is 85.2 Å². The Morgan fingerprint density at radius 2 is 1.93 bits per heavy atom. The van der Waals surface area contributed by atoms with Gasteiger partial charge in [0, 0.05) is 19.6 Å². The minimum Gasteiger partial charge on any atom is -0.372 e. The fourth-order valence-electron chi connectivity index (χ4n) is 3.71. The second-order valence-corrected chi connectivity index (χ2v) is 7.40. The second-order valence-electron chi connectivity index (χ2n) is 7.40. The summed E-state index contributed by atoms with van der Waals surface area (Å²) in [7, 11) is 0. The average molecular weight is 410 g/mol. The molecule has 2 atom stereocenters. The molecule has 1 saturated heterocycles. The lowest BCUT2D eigenvalue weighted by Crippen LogP contribution is -2.45. The Hall–Kier alpha value is -3.33. The number of benzene rings is 2. The number of ether oxygens (including phenoxy) is 1. The number of para-hydroxylation sites is 1. The van der Waals surface area contributed by atoms with E-state index in [2.05, 4.69) is 20.8 Å². The number of nitrogens with zero attached hydrogens (tertiary/aromatic N) is 5. The van der Waals surface area contributed by atoms with Crippen LogP contribution in [-0.2, 0) is 11.3 Å². The van der Waals surface area contributed by atoms with E-state index in [0.29, 0.717) is 35.6 Å². The van der Waals surface area contributed by atoms with E-state index >= 15 is 0 Å². The SMILES string of the molecule is CC1CN(c2ccc(CNC(=O)c3ccccc3-n3cnnn3)cc2F)CC(C)O1. The van der Waals surface area contributed by atoms with Gasteiger partial charge in [-0.05, 0) is 54.1 Å². The molecule has 0 spiro atoms. The van der Waals surface area contributed by atoms with Crippen LogP contribution in [0.25, 0.3) is 5.69 Å². The van der Waals surface area contributed by atoms with Crippen LogP contribution in [0, 0.1) is 5.82 Å². The van der Waals surface area contributed by atoms with E-state index in [9.17, 15) is 9.18 Å². The van der Waals surface area contributed by atoms with Gasteiger partial charge in [-0.1, -0.05) is 18.2 Å². The van der Waals surface area contributed by atoms with Crippen molar-refractivity contribution in [2.45, 2.75) is 32.6 Å². The van der Waals surface area contributed by atoms with Crippen LogP contribution in [0.5, 0.6) is 0 Å². The third-order valence-electron chi connectivity index (χ3n) is 4.97. The predicted octanol–water partition coefficient (Wildman–Crippen LogP) is 2.35. The molecule has 3 aromatic rings. The number of rotatable bonds is 5. The van der Waals surface area contributed by atoms with E-state index in [1.807, 2.05) is 24.8 Å². The number of carbonyl (C=O) groups excluding carboxylic acids is 1. The van der Waals surface area contributed by atoms with Gasteiger partial charge in [0.1, 0.15) is 12.1 Å². The fourth-order valence-corrected chi connectivity index (χ4v) is 3.71. The van der Waals surface area contributed by atoms with Crippen molar-refractivity contribution in [3.8, 4) is 5.69 Å². The van der Waals surface area contributed by atoms with Crippen LogP contribution in [0.15, 0.2) is 48.8 Å². The summed E-state index contributed by atoms with van der Waals surface area (Å²) >= 11 is 0. The Kier molecular flexibility index (Phi) is 5.71. The van der Waals surface area contributed by atoms with E-state index in [0.717, 1.165) is 0 Å².